The minimum atomic E-state index is 0.255. The van der Waals surface area contributed by atoms with Crippen molar-refractivity contribution in [3.8, 4) is 0 Å². The van der Waals surface area contributed by atoms with Crippen LogP contribution in [0.4, 0.5) is 11.6 Å². The van der Waals surface area contributed by atoms with Gasteiger partial charge in [-0.15, -0.1) is 0 Å². The number of aromatic nitrogens is 2. The molecule has 2 aromatic rings. The summed E-state index contributed by atoms with van der Waals surface area (Å²) >= 11 is 0. The van der Waals surface area contributed by atoms with Gasteiger partial charge in [0.2, 0.25) is 0 Å². The molecule has 1 heterocycles. The lowest BCUT2D eigenvalue weighted by atomic mass is 10.2. The first kappa shape index (κ1) is 13.3. The summed E-state index contributed by atoms with van der Waals surface area (Å²) in [5.41, 5.74) is 3.77. The second-order valence-corrected chi connectivity index (χ2v) is 4.63. The van der Waals surface area contributed by atoms with Gasteiger partial charge in [0.25, 0.3) is 0 Å². The topological polar surface area (TPSA) is 75.9 Å². The van der Waals surface area contributed by atoms with Crippen LogP contribution in [0.3, 0.4) is 0 Å². The Bertz CT molecular complexity index is 525. The van der Waals surface area contributed by atoms with Gasteiger partial charge < -0.3 is 10.7 Å². The molecule has 5 heteroatoms. The first-order valence-corrected chi connectivity index (χ1v) is 6.32. The van der Waals surface area contributed by atoms with Gasteiger partial charge in [0.1, 0.15) is 17.5 Å². The average molecular weight is 257 g/mol. The van der Waals surface area contributed by atoms with Crippen molar-refractivity contribution in [1.29, 1.82) is 0 Å². The highest BCUT2D eigenvalue weighted by Gasteiger charge is 2.07. The molecular formula is C14H19N5. The van der Waals surface area contributed by atoms with E-state index in [1.54, 1.807) is 6.07 Å². The average Bonchev–Trinajstić information content (AvgIpc) is 2.45. The maximum atomic E-state index is 5.43. The second-order valence-electron chi connectivity index (χ2n) is 4.63. The van der Waals surface area contributed by atoms with Crippen LogP contribution in [0.25, 0.3) is 0 Å². The Hall–Kier alpha value is -2.14. The minimum absolute atomic E-state index is 0.255. The van der Waals surface area contributed by atoms with Gasteiger partial charge >= 0.3 is 0 Å². The lowest BCUT2D eigenvalue weighted by molar-refractivity contribution is 0.775. The van der Waals surface area contributed by atoms with Crippen LogP contribution in [0.2, 0.25) is 0 Å². The largest absolute Gasteiger partial charge is 0.366 e. The molecule has 19 heavy (non-hydrogen) atoms. The SMILES string of the molecule is CC(C)c1nc(NN)cc(NCc2ccccc2)n1. The normalized spacial score (nSPS) is 10.5. The molecule has 0 saturated carbocycles. The molecule has 4 N–H and O–H groups in total. The van der Waals surface area contributed by atoms with Crippen molar-refractivity contribution in [3.05, 3.63) is 47.8 Å². The summed E-state index contributed by atoms with van der Waals surface area (Å²) in [4.78, 5) is 8.80. The summed E-state index contributed by atoms with van der Waals surface area (Å²) in [5, 5.41) is 3.28. The van der Waals surface area contributed by atoms with Gasteiger partial charge in [0.15, 0.2) is 0 Å². The summed E-state index contributed by atoms with van der Waals surface area (Å²) < 4.78 is 0. The van der Waals surface area contributed by atoms with E-state index in [1.807, 2.05) is 18.2 Å². The molecular weight excluding hydrogens is 238 g/mol. The number of rotatable bonds is 5. The number of hydrogen-bond acceptors (Lipinski definition) is 5. The van der Waals surface area contributed by atoms with Crippen molar-refractivity contribution in [2.24, 2.45) is 5.84 Å². The van der Waals surface area contributed by atoms with Gasteiger partial charge in [-0.05, 0) is 5.56 Å². The number of benzene rings is 1. The molecule has 100 valence electrons. The van der Waals surface area contributed by atoms with Crippen LogP contribution in [0, 0.1) is 0 Å². The van der Waals surface area contributed by atoms with E-state index in [9.17, 15) is 0 Å². The van der Waals surface area contributed by atoms with Crippen LogP contribution in [0.15, 0.2) is 36.4 Å². The van der Waals surface area contributed by atoms with E-state index in [-0.39, 0.29) is 5.92 Å². The Balaban J connectivity index is 2.13. The summed E-state index contributed by atoms with van der Waals surface area (Å²) in [5.74, 6) is 7.84. The number of hydrogen-bond donors (Lipinski definition) is 3. The summed E-state index contributed by atoms with van der Waals surface area (Å²) in [6.45, 7) is 4.83. The Kier molecular flexibility index (Phi) is 4.30. The summed E-state index contributed by atoms with van der Waals surface area (Å²) in [6, 6.07) is 12.0. The fourth-order valence-electron chi connectivity index (χ4n) is 1.68. The Morgan fingerprint density at radius 2 is 1.79 bits per heavy atom. The van der Waals surface area contributed by atoms with Crippen molar-refractivity contribution in [2.75, 3.05) is 10.7 Å². The Morgan fingerprint density at radius 1 is 1.11 bits per heavy atom. The first-order valence-electron chi connectivity index (χ1n) is 6.32. The number of nitrogens with one attached hydrogen (secondary N) is 2. The standard InChI is InChI=1S/C14H19N5/c1-10(2)14-17-12(8-13(18-14)19-15)16-9-11-6-4-3-5-7-11/h3-8,10H,9,15H2,1-2H3,(H2,16,17,18,19). The third-order valence-corrected chi connectivity index (χ3v) is 2.72. The van der Waals surface area contributed by atoms with Crippen molar-refractivity contribution in [3.63, 3.8) is 0 Å². The first-order chi connectivity index (χ1) is 9.19. The molecule has 0 bridgehead atoms. The van der Waals surface area contributed by atoms with Crippen molar-refractivity contribution < 1.29 is 0 Å². The van der Waals surface area contributed by atoms with Crippen LogP contribution >= 0.6 is 0 Å². The monoisotopic (exact) mass is 257 g/mol. The Labute approximate surface area is 113 Å². The van der Waals surface area contributed by atoms with Crippen LogP contribution in [-0.4, -0.2) is 9.97 Å². The molecule has 5 nitrogen and oxygen atoms in total. The highest BCUT2D eigenvalue weighted by atomic mass is 15.3. The minimum Gasteiger partial charge on any atom is -0.366 e. The molecule has 0 aliphatic carbocycles. The van der Waals surface area contributed by atoms with Crippen molar-refractivity contribution >= 4 is 11.6 Å². The van der Waals surface area contributed by atoms with Gasteiger partial charge in [0, 0.05) is 18.5 Å². The molecule has 0 saturated heterocycles. The molecule has 0 radical (unpaired) electrons. The molecule has 0 spiro atoms. The quantitative estimate of drug-likeness (QED) is 0.567. The third-order valence-electron chi connectivity index (χ3n) is 2.72. The molecule has 0 aliphatic heterocycles. The number of nitrogens with two attached hydrogens (primary N) is 1. The van der Waals surface area contributed by atoms with Gasteiger partial charge in [0.05, 0.1) is 0 Å². The number of hydrazine groups is 1. The van der Waals surface area contributed by atoms with E-state index in [1.165, 1.54) is 5.56 Å². The highest BCUT2D eigenvalue weighted by Crippen LogP contribution is 2.16. The second kappa shape index (κ2) is 6.15. The predicted octanol–water partition coefficient (Wildman–Crippen LogP) is 2.50. The summed E-state index contributed by atoms with van der Waals surface area (Å²) in [6.07, 6.45) is 0. The van der Waals surface area contributed by atoms with E-state index in [4.69, 9.17) is 5.84 Å². The van der Waals surface area contributed by atoms with E-state index in [0.29, 0.717) is 5.82 Å². The molecule has 1 aromatic carbocycles. The number of nitrogens with zero attached hydrogens (tertiary/aromatic N) is 2. The van der Waals surface area contributed by atoms with Gasteiger partial charge in [-0.2, -0.15) is 0 Å². The molecule has 0 atom stereocenters. The van der Waals surface area contributed by atoms with Crippen molar-refractivity contribution in [1.82, 2.24) is 9.97 Å². The molecule has 1 aromatic heterocycles. The molecule has 0 unspecified atom stereocenters. The molecule has 0 aliphatic rings. The zero-order chi connectivity index (χ0) is 13.7. The number of anilines is 2. The zero-order valence-electron chi connectivity index (χ0n) is 11.2. The fourth-order valence-corrected chi connectivity index (χ4v) is 1.68. The van der Waals surface area contributed by atoms with Crippen LogP contribution in [-0.2, 0) is 6.54 Å². The van der Waals surface area contributed by atoms with Crippen LogP contribution in [0.1, 0.15) is 31.2 Å². The predicted molar refractivity (Wildman–Crippen MR) is 77.7 cm³/mol. The summed E-state index contributed by atoms with van der Waals surface area (Å²) in [7, 11) is 0. The van der Waals surface area contributed by atoms with Gasteiger partial charge in [-0.25, -0.2) is 15.8 Å². The van der Waals surface area contributed by atoms with Crippen molar-refractivity contribution in [2.45, 2.75) is 26.3 Å². The maximum Gasteiger partial charge on any atom is 0.145 e. The molecule has 0 fully saturated rings. The van der Waals surface area contributed by atoms with Crippen LogP contribution < -0.4 is 16.6 Å². The van der Waals surface area contributed by atoms with Gasteiger partial charge in [-0.1, -0.05) is 44.2 Å². The lowest BCUT2D eigenvalue weighted by Gasteiger charge is -2.11. The smallest absolute Gasteiger partial charge is 0.145 e. The maximum absolute atomic E-state index is 5.43. The molecule has 2 rings (SSSR count). The zero-order valence-corrected chi connectivity index (χ0v) is 11.2. The van der Waals surface area contributed by atoms with E-state index < -0.39 is 0 Å². The fraction of sp³-hybridized carbons (Fsp3) is 0.286. The van der Waals surface area contributed by atoms with Gasteiger partial charge in [-0.3, -0.25) is 0 Å². The number of nitrogen functional groups attached to an aromatic ring is 1. The van der Waals surface area contributed by atoms with E-state index in [2.05, 4.69) is 46.7 Å². The van der Waals surface area contributed by atoms with Crippen LogP contribution in [0.5, 0.6) is 0 Å². The Morgan fingerprint density at radius 3 is 2.42 bits per heavy atom. The van der Waals surface area contributed by atoms with E-state index in [0.717, 1.165) is 18.2 Å². The molecule has 0 amide bonds. The van der Waals surface area contributed by atoms with E-state index >= 15 is 0 Å². The highest BCUT2D eigenvalue weighted by molar-refractivity contribution is 5.47. The third kappa shape index (κ3) is 3.66. The lowest BCUT2D eigenvalue weighted by Crippen LogP contribution is -2.12.